The van der Waals surface area contributed by atoms with Crippen LogP contribution in [0.25, 0.3) is 0 Å². The number of benzene rings is 1. The molecule has 0 spiro atoms. The fourth-order valence-corrected chi connectivity index (χ4v) is 2.09. The maximum atomic E-state index is 5.44. The van der Waals surface area contributed by atoms with Crippen LogP contribution >= 0.6 is 0 Å². The summed E-state index contributed by atoms with van der Waals surface area (Å²) in [6, 6.07) is 4.00. The lowest BCUT2D eigenvalue weighted by Crippen LogP contribution is -2.09. The second-order valence-electron chi connectivity index (χ2n) is 3.66. The van der Waals surface area contributed by atoms with Crippen molar-refractivity contribution in [1.82, 2.24) is 0 Å². The van der Waals surface area contributed by atoms with Crippen LogP contribution in [0.4, 0.5) is 0 Å². The van der Waals surface area contributed by atoms with Gasteiger partial charge in [-0.15, -0.1) is 0 Å². The fraction of sp³-hybridized carbons (Fsp3) is 0.385. The van der Waals surface area contributed by atoms with Crippen LogP contribution in [0.2, 0.25) is 0 Å². The molecule has 1 aliphatic rings. The first-order chi connectivity index (χ1) is 7.81. The molecule has 0 heterocycles. The molecule has 1 aromatic carbocycles. The number of ether oxygens (including phenoxy) is 3. The van der Waals surface area contributed by atoms with Crippen LogP contribution < -0.4 is 9.47 Å². The highest BCUT2D eigenvalue weighted by molar-refractivity contribution is 5.54. The molecule has 0 aliphatic heterocycles. The third-order valence-electron chi connectivity index (χ3n) is 2.86. The molecule has 0 radical (unpaired) electrons. The highest BCUT2D eigenvalue weighted by Gasteiger charge is 2.23. The molecular formula is C13H16O3. The predicted molar refractivity (Wildman–Crippen MR) is 62.1 cm³/mol. The summed E-state index contributed by atoms with van der Waals surface area (Å²) in [5, 5.41) is 0. The average Bonchev–Trinajstić information content (AvgIpc) is 2.36. The van der Waals surface area contributed by atoms with Crippen LogP contribution in [0, 0.1) is 0 Å². The Morgan fingerprint density at radius 1 is 1.12 bits per heavy atom. The fourth-order valence-electron chi connectivity index (χ4n) is 2.09. The zero-order chi connectivity index (χ0) is 11.5. The van der Waals surface area contributed by atoms with Crippen molar-refractivity contribution < 1.29 is 14.2 Å². The Kier molecular flexibility index (Phi) is 3.15. The quantitative estimate of drug-likeness (QED) is 0.732. The van der Waals surface area contributed by atoms with Gasteiger partial charge in [-0.1, -0.05) is 18.2 Å². The van der Waals surface area contributed by atoms with E-state index in [0.29, 0.717) is 0 Å². The molecule has 0 fully saturated rings. The number of fused-ring (bicyclic) bond motifs is 1. The number of hydrogen-bond donors (Lipinski definition) is 0. The molecule has 1 aliphatic carbocycles. The second kappa shape index (κ2) is 4.58. The first-order valence-electron chi connectivity index (χ1n) is 5.25. The van der Waals surface area contributed by atoms with E-state index in [1.165, 1.54) is 5.56 Å². The van der Waals surface area contributed by atoms with E-state index in [9.17, 15) is 0 Å². The summed E-state index contributed by atoms with van der Waals surface area (Å²) in [6.07, 6.45) is 5.02. The Hall–Kier alpha value is -1.48. The SMILES string of the molecule is COc1ccc2c(c1OC)C(OC)C=CC2. The molecule has 3 nitrogen and oxygen atoms in total. The minimum absolute atomic E-state index is 0.0474. The van der Waals surface area contributed by atoms with Gasteiger partial charge in [0.2, 0.25) is 0 Å². The van der Waals surface area contributed by atoms with Gasteiger partial charge in [-0.2, -0.15) is 0 Å². The summed E-state index contributed by atoms with van der Waals surface area (Å²) < 4.78 is 16.2. The molecule has 1 unspecified atom stereocenters. The van der Waals surface area contributed by atoms with E-state index in [2.05, 4.69) is 12.1 Å². The zero-order valence-electron chi connectivity index (χ0n) is 9.82. The van der Waals surface area contributed by atoms with Gasteiger partial charge in [0.1, 0.15) is 6.10 Å². The monoisotopic (exact) mass is 220 g/mol. The number of rotatable bonds is 3. The molecule has 0 saturated heterocycles. The molecule has 0 N–H and O–H groups in total. The Morgan fingerprint density at radius 2 is 1.94 bits per heavy atom. The van der Waals surface area contributed by atoms with Gasteiger partial charge in [-0.25, -0.2) is 0 Å². The molecule has 0 saturated carbocycles. The van der Waals surface area contributed by atoms with E-state index in [-0.39, 0.29) is 6.10 Å². The summed E-state index contributed by atoms with van der Waals surface area (Å²) in [7, 11) is 5.00. The lowest BCUT2D eigenvalue weighted by molar-refractivity contribution is 0.137. The van der Waals surface area contributed by atoms with Gasteiger partial charge in [0, 0.05) is 12.7 Å². The van der Waals surface area contributed by atoms with Crippen LogP contribution in [0.1, 0.15) is 17.2 Å². The van der Waals surface area contributed by atoms with Gasteiger partial charge in [-0.05, 0) is 18.1 Å². The van der Waals surface area contributed by atoms with Gasteiger partial charge in [0.25, 0.3) is 0 Å². The Morgan fingerprint density at radius 3 is 2.56 bits per heavy atom. The van der Waals surface area contributed by atoms with Crippen molar-refractivity contribution in [2.75, 3.05) is 21.3 Å². The van der Waals surface area contributed by atoms with Crippen molar-refractivity contribution in [3.8, 4) is 11.5 Å². The third kappa shape index (κ3) is 1.67. The summed E-state index contributed by atoms with van der Waals surface area (Å²) >= 11 is 0. The summed E-state index contributed by atoms with van der Waals surface area (Å²) in [4.78, 5) is 0. The van der Waals surface area contributed by atoms with Gasteiger partial charge in [-0.3, -0.25) is 0 Å². The standard InChI is InChI=1S/C13H16O3/c1-14-10-6-4-5-9-7-8-11(15-2)13(16-3)12(9)10/h4,6-8,10H,5H2,1-3H3. The largest absolute Gasteiger partial charge is 0.493 e. The molecule has 0 bridgehead atoms. The van der Waals surface area contributed by atoms with Crippen LogP contribution in [0.5, 0.6) is 11.5 Å². The number of methoxy groups -OCH3 is 3. The molecule has 2 rings (SSSR count). The molecule has 86 valence electrons. The van der Waals surface area contributed by atoms with E-state index in [1.54, 1.807) is 21.3 Å². The van der Waals surface area contributed by atoms with Crippen molar-refractivity contribution in [2.45, 2.75) is 12.5 Å². The van der Waals surface area contributed by atoms with Gasteiger partial charge in [0.15, 0.2) is 11.5 Å². The average molecular weight is 220 g/mol. The zero-order valence-corrected chi connectivity index (χ0v) is 9.82. The predicted octanol–water partition coefficient (Wildman–Crippen LogP) is 2.50. The van der Waals surface area contributed by atoms with Crippen molar-refractivity contribution in [3.05, 3.63) is 35.4 Å². The van der Waals surface area contributed by atoms with Crippen LogP contribution in [0.15, 0.2) is 24.3 Å². The van der Waals surface area contributed by atoms with Crippen molar-refractivity contribution in [2.24, 2.45) is 0 Å². The minimum Gasteiger partial charge on any atom is -0.493 e. The molecular weight excluding hydrogens is 204 g/mol. The van der Waals surface area contributed by atoms with Gasteiger partial charge in [0.05, 0.1) is 14.2 Å². The number of hydrogen-bond acceptors (Lipinski definition) is 3. The van der Waals surface area contributed by atoms with Crippen LogP contribution in [-0.4, -0.2) is 21.3 Å². The molecule has 1 atom stereocenters. The molecule has 1 aromatic rings. The second-order valence-corrected chi connectivity index (χ2v) is 3.66. The summed E-state index contributed by atoms with van der Waals surface area (Å²) in [6.45, 7) is 0. The highest BCUT2D eigenvalue weighted by atomic mass is 16.5. The first kappa shape index (κ1) is 11.0. The molecule has 16 heavy (non-hydrogen) atoms. The van der Waals surface area contributed by atoms with E-state index in [0.717, 1.165) is 23.5 Å². The van der Waals surface area contributed by atoms with Crippen molar-refractivity contribution >= 4 is 0 Å². The van der Waals surface area contributed by atoms with E-state index in [1.807, 2.05) is 12.1 Å². The van der Waals surface area contributed by atoms with Crippen LogP contribution in [-0.2, 0) is 11.2 Å². The lowest BCUT2D eigenvalue weighted by Gasteiger charge is -2.23. The first-order valence-corrected chi connectivity index (χ1v) is 5.25. The van der Waals surface area contributed by atoms with Crippen molar-refractivity contribution in [1.29, 1.82) is 0 Å². The Bertz CT molecular complexity index is 410. The Labute approximate surface area is 95.6 Å². The summed E-state index contributed by atoms with van der Waals surface area (Å²) in [5.41, 5.74) is 2.30. The normalized spacial score (nSPS) is 18.1. The summed E-state index contributed by atoms with van der Waals surface area (Å²) in [5.74, 6) is 1.52. The molecule has 0 aromatic heterocycles. The van der Waals surface area contributed by atoms with Crippen molar-refractivity contribution in [3.63, 3.8) is 0 Å². The molecule has 0 amide bonds. The smallest absolute Gasteiger partial charge is 0.167 e. The highest BCUT2D eigenvalue weighted by Crippen LogP contribution is 2.41. The van der Waals surface area contributed by atoms with E-state index in [4.69, 9.17) is 14.2 Å². The topological polar surface area (TPSA) is 27.7 Å². The lowest BCUT2D eigenvalue weighted by atomic mass is 9.93. The third-order valence-corrected chi connectivity index (χ3v) is 2.86. The Balaban J connectivity index is 2.57. The maximum absolute atomic E-state index is 5.44. The number of allylic oxidation sites excluding steroid dienone is 1. The van der Waals surface area contributed by atoms with E-state index < -0.39 is 0 Å². The molecule has 3 heteroatoms. The van der Waals surface area contributed by atoms with Gasteiger partial charge >= 0.3 is 0 Å². The van der Waals surface area contributed by atoms with Crippen LogP contribution in [0.3, 0.4) is 0 Å². The minimum atomic E-state index is -0.0474. The maximum Gasteiger partial charge on any atom is 0.167 e. The van der Waals surface area contributed by atoms with Gasteiger partial charge < -0.3 is 14.2 Å². The van der Waals surface area contributed by atoms with E-state index >= 15 is 0 Å².